The molecule has 0 radical (unpaired) electrons. The molecule has 0 aromatic heterocycles. The zero-order valence-corrected chi connectivity index (χ0v) is 11.5. The normalized spacial score (nSPS) is 28.6. The summed E-state index contributed by atoms with van der Waals surface area (Å²) < 4.78 is 0. The van der Waals surface area contributed by atoms with Crippen LogP contribution in [0.4, 0.5) is 0 Å². The highest BCUT2D eigenvalue weighted by molar-refractivity contribution is 5.97. The van der Waals surface area contributed by atoms with Gasteiger partial charge in [-0.1, -0.05) is 41.9 Å². The molecule has 2 bridgehead atoms. The standard InChI is InChI=1S/C16H20N2O2/c17-16(12-4-2-1-3-5-12)18-20-15(19)10-14-9-11-6-7-13(14)8-11/h1-5,11,13-14H,6-10H2,(H2,17,18)/t11-,13+,14+/m0/s1. The van der Waals surface area contributed by atoms with E-state index in [1.165, 1.54) is 25.7 Å². The van der Waals surface area contributed by atoms with Gasteiger partial charge in [0, 0.05) is 5.56 Å². The Morgan fingerprint density at radius 2 is 2.05 bits per heavy atom. The van der Waals surface area contributed by atoms with Crippen molar-refractivity contribution >= 4 is 11.8 Å². The molecule has 0 heterocycles. The average molecular weight is 272 g/mol. The SMILES string of the molecule is N/C(=N/OC(=O)C[C@H]1C[C@H]2CC[C@@H]1C2)c1ccccc1. The summed E-state index contributed by atoms with van der Waals surface area (Å²) in [5.74, 6) is 2.04. The van der Waals surface area contributed by atoms with Crippen LogP contribution in [0.15, 0.2) is 35.5 Å². The highest BCUT2D eigenvalue weighted by atomic mass is 16.7. The summed E-state index contributed by atoms with van der Waals surface area (Å²) in [6.07, 6.45) is 5.57. The zero-order chi connectivity index (χ0) is 13.9. The molecule has 0 spiro atoms. The number of benzene rings is 1. The van der Waals surface area contributed by atoms with Gasteiger partial charge in [0.25, 0.3) is 0 Å². The number of oxime groups is 1. The van der Waals surface area contributed by atoms with Gasteiger partial charge in [-0.05, 0) is 37.0 Å². The van der Waals surface area contributed by atoms with Crippen LogP contribution in [0.5, 0.6) is 0 Å². The molecular formula is C16H20N2O2. The molecule has 2 fully saturated rings. The molecule has 3 atom stereocenters. The third kappa shape index (κ3) is 2.84. The Morgan fingerprint density at radius 3 is 2.70 bits per heavy atom. The number of fused-ring (bicyclic) bond motifs is 2. The summed E-state index contributed by atoms with van der Waals surface area (Å²) in [4.78, 5) is 16.8. The van der Waals surface area contributed by atoms with Crippen LogP contribution in [0, 0.1) is 17.8 Å². The molecule has 2 N–H and O–H groups in total. The molecule has 1 aromatic rings. The first kappa shape index (κ1) is 13.2. The van der Waals surface area contributed by atoms with Crippen molar-refractivity contribution in [1.29, 1.82) is 0 Å². The Labute approximate surface area is 119 Å². The molecule has 0 saturated heterocycles. The Kier molecular flexibility index (Phi) is 3.72. The third-order valence-corrected chi connectivity index (χ3v) is 4.63. The number of rotatable bonds is 4. The molecule has 2 aliphatic rings. The number of amidine groups is 1. The van der Waals surface area contributed by atoms with Gasteiger partial charge in [-0.2, -0.15) is 0 Å². The lowest BCUT2D eigenvalue weighted by Crippen LogP contribution is -2.18. The fourth-order valence-electron chi connectivity index (χ4n) is 3.64. The zero-order valence-electron chi connectivity index (χ0n) is 11.5. The molecule has 2 aliphatic carbocycles. The third-order valence-electron chi connectivity index (χ3n) is 4.63. The lowest BCUT2D eigenvalue weighted by atomic mass is 9.86. The Bertz CT molecular complexity index is 512. The van der Waals surface area contributed by atoms with Gasteiger partial charge in [-0.25, -0.2) is 4.79 Å². The molecule has 0 amide bonds. The van der Waals surface area contributed by atoms with Gasteiger partial charge in [0.15, 0.2) is 5.84 Å². The van der Waals surface area contributed by atoms with Crippen LogP contribution < -0.4 is 5.73 Å². The van der Waals surface area contributed by atoms with Crippen molar-refractivity contribution in [2.75, 3.05) is 0 Å². The predicted molar refractivity (Wildman–Crippen MR) is 76.8 cm³/mol. The number of carbonyl (C=O) groups excluding carboxylic acids is 1. The van der Waals surface area contributed by atoms with Crippen molar-refractivity contribution in [2.24, 2.45) is 28.6 Å². The van der Waals surface area contributed by atoms with Crippen LogP contribution in [0.1, 0.15) is 37.7 Å². The van der Waals surface area contributed by atoms with E-state index in [-0.39, 0.29) is 11.8 Å². The van der Waals surface area contributed by atoms with E-state index in [0.717, 1.165) is 17.4 Å². The number of carbonyl (C=O) groups is 1. The highest BCUT2D eigenvalue weighted by Crippen LogP contribution is 2.49. The first-order chi connectivity index (χ1) is 9.72. The van der Waals surface area contributed by atoms with E-state index in [1.807, 2.05) is 30.3 Å². The summed E-state index contributed by atoms with van der Waals surface area (Å²) in [6, 6.07) is 9.31. The van der Waals surface area contributed by atoms with E-state index in [4.69, 9.17) is 10.6 Å². The van der Waals surface area contributed by atoms with Gasteiger partial charge in [-0.15, -0.1) is 0 Å². The summed E-state index contributed by atoms with van der Waals surface area (Å²) in [6.45, 7) is 0. The Balaban J connectivity index is 1.52. The maximum Gasteiger partial charge on any atom is 0.335 e. The first-order valence-electron chi connectivity index (χ1n) is 7.31. The predicted octanol–water partition coefficient (Wildman–Crippen LogP) is 2.68. The summed E-state index contributed by atoms with van der Waals surface area (Å²) in [5, 5.41) is 3.74. The summed E-state index contributed by atoms with van der Waals surface area (Å²) in [5.41, 5.74) is 6.55. The molecule has 0 aliphatic heterocycles. The van der Waals surface area contributed by atoms with E-state index < -0.39 is 0 Å². The van der Waals surface area contributed by atoms with Crippen LogP contribution in [-0.4, -0.2) is 11.8 Å². The number of nitrogens with zero attached hydrogens (tertiary/aromatic N) is 1. The molecule has 1 aromatic carbocycles. The van der Waals surface area contributed by atoms with Crippen LogP contribution in [-0.2, 0) is 9.63 Å². The minimum absolute atomic E-state index is 0.242. The monoisotopic (exact) mass is 272 g/mol. The lowest BCUT2D eigenvalue weighted by Gasteiger charge is -2.19. The highest BCUT2D eigenvalue weighted by Gasteiger charge is 2.40. The lowest BCUT2D eigenvalue weighted by molar-refractivity contribution is -0.145. The van der Waals surface area contributed by atoms with Gasteiger partial charge in [-0.3, -0.25) is 0 Å². The van der Waals surface area contributed by atoms with Gasteiger partial charge in [0.2, 0.25) is 0 Å². The quantitative estimate of drug-likeness (QED) is 0.396. The summed E-state index contributed by atoms with van der Waals surface area (Å²) >= 11 is 0. The second kappa shape index (κ2) is 5.65. The first-order valence-corrected chi connectivity index (χ1v) is 7.31. The van der Waals surface area contributed by atoms with Gasteiger partial charge < -0.3 is 10.6 Å². The Morgan fingerprint density at radius 1 is 1.25 bits per heavy atom. The van der Waals surface area contributed by atoms with Gasteiger partial charge >= 0.3 is 5.97 Å². The van der Waals surface area contributed by atoms with Crippen molar-refractivity contribution in [2.45, 2.75) is 32.1 Å². The minimum atomic E-state index is -0.263. The minimum Gasteiger partial charge on any atom is -0.380 e. The molecule has 20 heavy (non-hydrogen) atoms. The Hall–Kier alpha value is -1.84. The van der Waals surface area contributed by atoms with E-state index in [0.29, 0.717) is 12.3 Å². The fraction of sp³-hybridized carbons (Fsp3) is 0.500. The summed E-state index contributed by atoms with van der Waals surface area (Å²) in [7, 11) is 0. The number of nitrogens with two attached hydrogens (primary N) is 1. The average Bonchev–Trinajstić information content (AvgIpc) is 3.08. The van der Waals surface area contributed by atoms with E-state index in [2.05, 4.69) is 5.16 Å². The van der Waals surface area contributed by atoms with Gasteiger partial charge in [0.05, 0.1) is 6.42 Å². The molecular weight excluding hydrogens is 252 g/mol. The topological polar surface area (TPSA) is 64.7 Å². The van der Waals surface area contributed by atoms with Crippen molar-refractivity contribution in [3.63, 3.8) is 0 Å². The van der Waals surface area contributed by atoms with E-state index in [1.54, 1.807) is 0 Å². The van der Waals surface area contributed by atoms with Crippen LogP contribution in [0.25, 0.3) is 0 Å². The van der Waals surface area contributed by atoms with Crippen molar-refractivity contribution < 1.29 is 9.63 Å². The molecule has 4 nitrogen and oxygen atoms in total. The second-order valence-electron chi connectivity index (χ2n) is 5.94. The molecule has 2 saturated carbocycles. The van der Waals surface area contributed by atoms with Gasteiger partial charge in [0.1, 0.15) is 0 Å². The van der Waals surface area contributed by atoms with Crippen LogP contribution in [0.3, 0.4) is 0 Å². The maximum absolute atomic E-state index is 11.8. The molecule has 3 rings (SSSR count). The fourth-order valence-corrected chi connectivity index (χ4v) is 3.64. The molecule has 0 unspecified atom stereocenters. The van der Waals surface area contributed by atoms with Crippen molar-refractivity contribution in [1.82, 2.24) is 0 Å². The van der Waals surface area contributed by atoms with Crippen LogP contribution in [0.2, 0.25) is 0 Å². The number of hydrogen-bond donors (Lipinski definition) is 1. The van der Waals surface area contributed by atoms with Crippen LogP contribution >= 0.6 is 0 Å². The smallest absolute Gasteiger partial charge is 0.335 e. The largest absolute Gasteiger partial charge is 0.380 e. The maximum atomic E-state index is 11.8. The second-order valence-corrected chi connectivity index (χ2v) is 5.94. The van der Waals surface area contributed by atoms with Crippen molar-refractivity contribution in [3.05, 3.63) is 35.9 Å². The van der Waals surface area contributed by atoms with Crippen molar-refractivity contribution in [3.8, 4) is 0 Å². The van der Waals surface area contributed by atoms with E-state index >= 15 is 0 Å². The van der Waals surface area contributed by atoms with E-state index in [9.17, 15) is 4.79 Å². The number of hydrogen-bond acceptors (Lipinski definition) is 3. The molecule has 4 heteroatoms. The molecule has 106 valence electrons.